The van der Waals surface area contributed by atoms with Gasteiger partial charge in [0.15, 0.2) is 0 Å². The van der Waals surface area contributed by atoms with Crippen LogP contribution in [0.2, 0.25) is 0 Å². The highest BCUT2D eigenvalue weighted by Crippen LogP contribution is 2.18. The normalized spacial score (nSPS) is 16.7. The highest BCUT2D eigenvalue weighted by atomic mass is 15.1. The van der Waals surface area contributed by atoms with Crippen LogP contribution in [0.3, 0.4) is 0 Å². The second kappa shape index (κ2) is 1.00. The van der Waals surface area contributed by atoms with Crippen molar-refractivity contribution in [1.82, 2.24) is 4.90 Å². The van der Waals surface area contributed by atoms with Gasteiger partial charge in [0.2, 0.25) is 0 Å². The molecule has 0 saturated carbocycles. The Morgan fingerprint density at radius 2 is 2.17 bits per heavy atom. The Balaban J connectivity index is 2.31. The van der Waals surface area contributed by atoms with E-state index in [9.17, 15) is 0 Å². The summed E-state index contributed by atoms with van der Waals surface area (Å²) in [6.45, 7) is 0. The molecule has 34 valence electrons. The number of hydrogen-bond donors (Lipinski definition) is 0. The van der Waals surface area contributed by atoms with Gasteiger partial charge >= 0.3 is 0 Å². The van der Waals surface area contributed by atoms with Gasteiger partial charge in [0, 0.05) is 26.2 Å². The van der Waals surface area contributed by atoms with E-state index in [2.05, 4.69) is 25.1 Å². The molecule has 0 unspecified atom stereocenters. The monoisotopic (exact) mass is 83.1 g/mol. The zero-order valence-electron chi connectivity index (χ0n) is 4.23. The Bertz CT molecular complexity index is 81.9. The van der Waals surface area contributed by atoms with Crippen molar-refractivity contribution < 1.29 is 0 Å². The maximum Gasteiger partial charge on any atom is 0.0130 e. The van der Waals surface area contributed by atoms with E-state index in [0.29, 0.717) is 0 Å². The fourth-order valence-corrected chi connectivity index (χ4v) is 0.411. The van der Waals surface area contributed by atoms with Gasteiger partial charge in [-0.15, -0.1) is 0 Å². The molecule has 0 saturated heterocycles. The summed E-state index contributed by atoms with van der Waals surface area (Å²) in [5.74, 6) is 0. The minimum atomic E-state index is 1.22. The highest BCUT2D eigenvalue weighted by Gasteiger charge is 2.06. The van der Waals surface area contributed by atoms with Crippen LogP contribution in [-0.2, 0) is 0 Å². The summed E-state index contributed by atoms with van der Waals surface area (Å²) in [7, 11) is 4.14. The van der Waals surface area contributed by atoms with Crippen LogP contribution in [0.5, 0.6) is 0 Å². The van der Waals surface area contributed by atoms with Gasteiger partial charge in [-0.25, -0.2) is 0 Å². The van der Waals surface area contributed by atoms with Gasteiger partial charge in [0.25, 0.3) is 0 Å². The van der Waals surface area contributed by atoms with Gasteiger partial charge in [0.1, 0.15) is 0 Å². The SMILES string of the molecule is CN(C)C1=CC1. The summed E-state index contributed by atoms with van der Waals surface area (Å²) < 4.78 is 0. The fraction of sp³-hybridized carbons (Fsp3) is 0.600. The Labute approximate surface area is 38.3 Å². The van der Waals surface area contributed by atoms with Crippen LogP contribution in [0.15, 0.2) is 11.8 Å². The van der Waals surface area contributed by atoms with Crippen molar-refractivity contribution >= 4 is 0 Å². The van der Waals surface area contributed by atoms with E-state index in [0.717, 1.165) is 0 Å². The maximum atomic E-state index is 2.21. The Morgan fingerprint density at radius 1 is 1.67 bits per heavy atom. The molecule has 0 N–H and O–H groups in total. The molecule has 0 aromatic carbocycles. The first-order chi connectivity index (χ1) is 2.80. The Morgan fingerprint density at radius 3 is 2.17 bits per heavy atom. The first kappa shape index (κ1) is 3.72. The van der Waals surface area contributed by atoms with Crippen LogP contribution in [0.4, 0.5) is 0 Å². The van der Waals surface area contributed by atoms with Crippen LogP contribution in [0, 0.1) is 0 Å². The lowest BCUT2D eigenvalue weighted by molar-refractivity contribution is 0.532. The summed E-state index contributed by atoms with van der Waals surface area (Å²) in [6, 6.07) is 0. The molecule has 0 spiro atoms. The third-order valence-electron chi connectivity index (χ3n) is 0.961. The van der Waals surface area contributed by atoms with Gasteiger partial charge in [-0.05, 0) is 0 Å². The average Bonchev–Trinajstić information content (AvgIpc) is 2.06. The van der Waals surface area contributed by atoms with Crippen LogP contribution >= 0.6 is 0 Å². The number of hydrogen-bond acceptors (Lipinski definition) is 1. The first-order valence-electron chi connectivity index (χ1n) is 2.17. The van der Waals surface area contributed by atoms with Crippen molar-refractivity contribution in [2.75, 3.05) is 14.1 Å². The molecular formula is C5H9N. The average molecular weight is 83.1 g/mol. The molecule has 1 rings (SSSR count). The summed E-state index contributed by atoms with van der Waals surface area (Å²) >= 11 is 0. The summed E-state index contributed by atoms with van der Waals surface area (Å²) in [6.07, 6.45) is 3.42. The van der Waals surface area contributed by atoms with E-state index >= 15 is 0 Å². The lowest BCUT2D eigenvalue weighted by atomic mass is 10.7. The smallest absolute Gasteiger partial charge is 0.0130 e. The minimum absolute atomic E-state index is 1.22. The fourth-order valence-electron chi connectivity index (χ4n) is 0.411. The highest BCUT2D eigenvalue weighted by molar-refractivity contribution is 5.18. The third-order valence-corrected chi connectivity index (χ3v) is 0.961. The van der Waals surface area contributed by atoms with Crippen molar-refractivity contribution in [2.24, 2.45) is 0 Å². The van der Waals surface area contributed by atoms with E-state index in [-0.39, 0.29) is 0 Å². The summed E-state index contributed by atoms with van der Waals surface area (Å²) in [4.78, 5) is 2.14. The third kappa shape index (κ3) is 0.534. The molecule has 0 radical (unpaired) electrons. The van der Waals surface area contributed by atoms with Crippen LogP contribution in [-0.4, -0.2) is 19.0 Å². The molecule has 0 aromatic heterocycles. The van der Waals surface area contributed by atoms with Crippen molar-refractivity contribution in [2.45, 2.75) is 6.42 Å². The molecule has 1 aliphatic carbocycles. The standard InChI is InChI=1S/C5H9N/c1-6(2)5-3-4-5/h3H,4H2,1-2H3. The van der Waals surface area contributed by atoms with Gasteiger partial charge in [-0.3, -0.25) is 0 Å². The molecule has 0 atom stereocenters. The molecule has 0 aromatic rings. The Hall–Kier alpha value is -0.460. The molecular weight excluding hydrogens is 74.1 g/mol. The van der Waals surface area contributed by atoms with Crippen molar-refractivity contribution in [1.29, 1.82) is 0 Å². The topological polar surface area (TPSA) is 3.24 Å². The zero-order chi connectivity index (χ0) is 4.57. The van der Waals surface area contributed by atoms with E-state index in [4.69, 9.17) is 0 Å². The molecule has 1 aliphatic rings. The second-order valence-corrected chi connectivity index (χ2v) is 1.79. The molecule has 0 fully saturated rings. The largest absolute Gasteiger partial charge is 0.381 e. The predicted molar refractivity (Wildman–Crippen MR) is 26.4 cm³/mol. The molecule has 1 heteroatoms. The van der Waals surface area contributed by atoms with Crippen LogP contribution in [0.1, 0.15) is 6.42 Å². The predicted octanol–water partition coefficient (Wildman–Crippen LogP) is 0.836. The van der Waals surface area contributed by atoms with Gasteiger partial charge in [-0.2, -0.15) is 0 Å². The van der Waals surface area contributed by atoms with E-state index in [1.807, 2.05) is 0 Å². The summed E-state index contributed by atoms with van der Waals surface area (Å²) in [5.41, 5.74) is 1.47. The number of allylic oxidation sites excluding steroid dienone is 2. The minimum Gasteiger partial charge on any atom is -0.381 e. The van der Waals surface area contributed by atoms with E-state index < -0.39 is 0 Å². The van der Waals surface area contributed by atoms with Crippen molar-refractivity contribution in [3.8, 4) is 0 Å². The Kier molecular flexibility index (Phi) is 0.621. The maximum absolute atomic E-state index is 2.21. The molecule has 0 aliphatic heterocycles. The molecule has 0 amide bonds. The van der Waals surface area contributed by atoms with Crippen molar-refractivity contribution in [3.63, 3.8) is 0 Å². The van der Waals surface area contributed by atoms with E-state index in [1.165, 1.54) is 12.1 Å². The van der Waals surface area contributed by atoms with Crippen LogP contribution in [0.25, 0.3) is 0 Å². The van der Waals surface area contributed by atoms with Gasteiger partial charge < -0.3 is 4.90 Å². The number of rotatable bonds is 1. The summed E-state index contributed by atoms with van der Waals surface area (Å²) in [5, 5.41) is 0. The quantitative estimate of drug-likeness (QED) is 0.454. The molecule has 6 heavy (non-hydrogen) atoms. The molecule has 0 heterocycles. The van der Waals surface area contributed by atoms with Gasteiger partial charge in [-0.1, -0.05) is 6.08 Å². The second-order valence-electron chi connectivity index (χ2n) is 1.79. The van der Waals surface area contributed by atoms with Crippen LogP contribution < -0.4 is 0 Å². The lowest BCUT2D eigenvalue weighted by Gasteiger charge is -2.02. The lowest BCUT2D eigenvalue weighted by Crippen LogP contribution is -2.02. The zero-order valence-corrected chi connectivity index (χ0v) is 4.23. The van der Waals surface area contributed by atoms with Crippen molar-refractivity contribution in [3.05, 3.63) is 11.8 Å². The van der Waals surface area contributed by atoms with Gasteiger partial charge in [0.05, 0.1) is 0 Å². The molecule has 1 nitrogen and oxygen atoms in total. The molecule has 0 bridgehead atoms. The first-order valence-corrected chi connectivity index (χ1v) is 2.17. The number of nitrogens with zero attached hydrogens (tertiary/aromatic N) is 1. The van der Waals surface area contributed by atoms with E-state index in [1.54, 1.807) is 0 Å².